The molecule has 0 spiro atoms. The lowest BCUT2D eigenvalue weighted by atomic mass is 9.86. The number of likely N-dealkylation sites (N-methyl/N-ethyl adjacent to an activating group) is 1. The maximum atomic E-state index is 12.6. The van der Waals surface area contributed by atoms with E-state index in [1.54, 1.807) is 0 Å². The Morgan fingerprint density at radius 1 is 1.08 bits per heavy atom. The lowest BCUT2D eigenvalue weighted by molar-refractivity contribution is 0.0951. The fourth-order valence-electron chi connectivity index (χ4n) is 4.15. The van der Waals surface area contributed by atoms with Gasteiger partial charge in [0.25, 0.3) is 5.91 Å². The minimum Gasteiger partial charge on any atom is -0.352 e. The third-order valence-corrected chi connectivity index (χ3v) is 5.54. The van der Waals surface area contributed by atoms with E-state index in [1.165, 1.54) is 16.7 Å². The van der Waals surface area contributed by atoms with Gasteiger partial charge in [0.1, 0.15) is 0 Å². The van der Waals surface area contributed by atoms with Gasteiger partial charge in [0, 0.05) is 31.1 Å². The minimum absolute atomic E-state index is 0.0779. The second-order valence-electron chi connectivity index (χ2n) is 7.15. The molecular weight excluding hydrogens is 296 g/mol. The standard InChI is InChI=1S/C21H24N2O/c1-3-14-4-6-15(7-5-14)16-8-9-18-19(10-16)21(24)22-11-17-12-23(2)13-20(17)18/h4-10,17,20H,3,11-13H2,1-2H3,(H,22,24)/t17-,20-/m0/s1. The van der Waals surface area contributed by atoms with Crippen LogP contribution in [0.4, 0.5) is 0 Å². The Morgan fingerprint density at radius 2 is 1.83 bits per heavy atom. The van der Waals surface area contributed by atoms with E-state index in [-0.39, 0.29) is 5.91 Å². The van der Waals surface area contributed by atoms with Crippen LogP contribution in [0.3, 0.4) is 0 Å². The quantitative estimate of drug-likeness (QED) is 0.921. The molecule has 1 saturated heterocycles. The van der Waals surface area contributed by atoms with Gasteiger partial charge in [-0.2, -0.15) is 0 Å². The molecule has 4 rings (SSSR count). The summed E-state index contributed by atoms with van der Waals surface area (Å²) >= 11 is 0. The first-order valence-electron chi connectivity index (χ1n) is 8.85. The van der Waals surface area contributed by atoms with Gasteiger partial charge in [-0.3, -0.25) is 4.79 Å². The molecule has 2 heterocycles. The summed E-state index contributed by atoms with van der Waals surface area (Å²) in [5.41, 5.74) is 5.70. The Kier molecular flexibility index (Phi) is 3.89. The molecule has 1 fully saturated rings. The molecule has 0 aromatic heterocycles. The van der Waals surface area contributed by atoms with Crippen molar-refractivity contribution in [3.63, 3.8) is 0 Å². The summed E-state index contributed by atoms with van der Waals surface area (Å²) in [4.78, 5) is 14.9. The minimum atomic E-state index is 0.0779. The van der Waals surface area contributed by atoms with Gasteiger partial charge >= 0.3 is 0 Å². The number of nitrogens with one attached hydrogen (secondary N) is 1. The number of aryl methyl sites for hydroxylation is 1. The molecule has 0 unspecified atom stereocenters. The Morgan fingerprint density at radius 3 is 2.58 bits per heavy atom. The number of fused-ring (bicyclic) bond motifs is 3. The van der Waals surface area contributed by atoms with E-state index in [0.29, 0.717) is 11.8 Å². The number of rotatable bonds is 2. The summed E-state index contributed by atoms with van der Waals surface area (Å²) in [6.45, 7) is 5.04. The van der Waals surface area contributed by atoms with Crippen molar-refractivity contribution in [1.82, 2.24) is 10.2 Å². The van der Waals surface area contributed by atoms with Gasteiger partial charge in [-0.1, -0.05) is 43.3 Å². The highest BCUT2D eigenvalue weighted by Crippen LogP contribution is 2.37. The highest BCUT2D eigenvalue weighted by molar-refractivity contribution is 5.97. The summed E-state index contributed by atoms with van der Waals surface area (Å²) in [6, 6.07) is 15.1. The molecule has 2 aromatic carbocycles. The summed E-state index contributed by atoms with van der Waals surface area (Å²) in [7, 11) is 2.17. The molecule has 24 heavy (non-hydrogen) atoms. The monoisotopic (exact) mass is 320 g/mol. The Bertz CT molecular complexity index is 766. The van der Waals surface area contributed by atoms with Gasteiger partial charge in [-0.05, 0) is 47.7 Å². The predicted octanol–water partition coefficient (Wildman–Crippen LogP) is 3.30. The fourth-order valence-corrected chi connectivity index (χ4v) is 4.15. The topological polar surface area (TPSA) is 32.3 Å². The van der Waals surface area contributed by atoms with Gasteiger partial charge in [-0.25, -0.2) is 0 Å². The van der Waals surface area contributed by atoms with Crippen LogP contribution in [0, 0.1) is 5.92 Å². The Hall–Kier alpha value is -2.13. The molecule has 3 heteroatoms. The number of carbonyl (C=O) groups excluding carboxylic acids is 1. The van der Waals surface area contributed by atoms with Crippen LogP contribution in [0.5, 0.6) is 0 Å². The summed E-state index contributed by atoms with van der Waals surface area (Å²) in [5, 5.41) is 3.12. The SMILES string of the molecule is CCc1ccc(-c2ccc3c(c2)C(=O)NC[C@H]2CN(C)C[C@H]32)cc1. The number of likely N-dealkylation sites (tertiary alicyclic amines) is 1. The molecule has 1 N–H and O–H groups in total. The van der Waals surface area contributed by atoms with Crippen LogP contribution in [-0.4, -0.2) is 37.5 Å². The van der Waals surface area contributed by atoms with E-state index in [2.05, 4.69) is 66.7 Å². The van der Waals surface area contributed by atoms with E-state index in [1.807, 2.05) is 0 Å². The highest BCUT2D eigenvalue weighted by Gasteiger charge is 2.36. The normalized spacial score (nSPS) is 23.3. The first-order chi connectivity index (χ1) is 11.7. The Balaban J connectivity index is 1.74. The van der Waals surface area contributed by atoms with Crippen molar-refractivity contribution < 1.29 is 4.79 Å². The van der Waals surface area contributed by atoms with Gasteiger partial charge in [0.05, 0.1) is 0 Å². The van der Waals surface area contributed by atoms with Crippen molar-refractivity contribution in [2.24, 2.45) is 5.92 Å². The van der Waals surface area contributed by atoms with Crippen LogP contribution in [0.15, 0.2) is 42.5 Å². The van der Waals surface area contributed by atoms with Gasteiger partial charge in [-0.15, -0.1) is 0 Å². The van der Waals surface area contributed by atoms with Crippen molar-refractivity contribution in [3.8, 4) is 11.1 Å². The number of benzene rings is 2. The van der Waals surface area contributed by atoms with Crippen LogP contribution < -0.4 is 5.32 Å². The molecule has 2 aliphatic rings. The van der Waals surface area contributed by atoms with Crippen molar-refractivity contribution in [2.45, 2.75) is 19.3 Å². The molecule has 2 aliphatic heterocycles. The molecule has 3 nitrogen and oxygen atoms in total. The zero-order valence-electron chi connectivity index (χ0n) is 14.4. The van der Waals surface area contributed by atoms with E-state index in [0.717, 1.165) is 37.2 Å². The molecule has 124 valence electrons. The number of amides is 1. The van der Waals surface area contributed by atoms with E-state index >= 15 is 0 Å². The molecule has 0 saturated carbocycles. The smallest absolute Gasteiger partial charge is 0.251 e. The van der Waals surface area contributed by atoms with Crippen molar-refractivity contribution in [2.75, 3.05) is 26.7 Å². The van der Waals surface area contributed by atoms with E-state index < -0.39 is 0 Å². The molecular formula is C21H24N2O. The maximum absolute atomic E-state index is 12.6. The third kappa shape index (κ3) is 2.63. The molecule has 1 amide bonds. The van der Waals surface area contributed by atoms with E-state index in [9.17, 15) is 4.79 Å². The molecule has 0 aliphatic carbocycles. The number of hydrogen-bond acceptors (Lipinski definition) is 2. The number of hydrogen-bond donors (Lipinski definition) is 1. The first kappa shape index (κ1) is 15.4. The second-order valence-corrected chi connectivity index (χ2v) is 7.15. The lowest BCUT2D eigenvalue weighted by Gasteiger charge is -2.17. The maximum Gasteiger partial charge on any atom is 0.251 e. The van der Waals surface area contributed by atoms with Crippen LogP contribution >= 0.6 is 0 Å². The van der Waals surface area contributed by atoms with Crippen LogP contribution in [0.2, 0.25) is 0 Å². The van der Waals surface area contributed by atoms with Gasteiger partial charge in [0.15, 0.2) is 0 Å². The summed E-state index contributed by atoms with van der Waals surface area (Å²) in [6.07, 6.45) is 1.05. The Labute approximate surface area is 143 Å². The van der Waals surface area contributed by atoms with Crippen molar-refractivity contribution in [1.29, 1.82) is 0 Å². The van der Waals surface area contributed by atoms with E-state index in [4.69, 9.17) is 0 Å². The highest BCUT2D eigenvalue weighted by atomic mass is 16.1. The molecule has 0 radical (unpaired) electrons. The molecule has 0 bridgehead atoms. The molecule has 2 atom stereocenters. The average molecular weight is 320 g/mol. The third-order valence-electron chi connectivity index (χ3n) is 5.54. The van der Waals surface area contributed by atoms with Crippen molar-refractivity contribution in [3.05, 3.63) is 59.2 Å². The summed E-state index contributed by atoms with van der Waals surface area (Å²) < 4.78 is 0. The van der Waals surface area contributed by atoms with Crippen molar-refractivity contribution >= 4 is 5.91 Å². The van der Waals surface area contributed by atoms with Crippen LogP contribution in [-0.2, 0) is 6.42 Å². The first-order valence-corrected chi connectivity index (χ1v) is 8.85. The average Bonchev–Trinajstić information content (AvgIpc) is 2.94. The van der Waals surface area contributed by atoms with Gasteiger partial charge in [0.2, 0.25) is 0 Å². The lowest BCUT2D eigenvalue weighted by Crippen LogP contribution is -2.29. The number of nitrogens with zero attached hydrogens (tertiary/aromatic N) is 1. The zero-order chi connectivity index (χ0) is 16.7. The fraction of sp³-hybridized carbons (Fsp3) is 0.381. The summed E-state index contributed by atoms with van der Waals surface area (Å²) in [5.74, 6) is 1.06. The van der Waals surface area contributed by atoms with Gasteiger partial charge < -0.3 is 10.2 Å². The van der Waals surface area contributed by atoms with Crippen LogP contribution in [0.1, 0.15) is 34.3 Å². The van der Waals surface area contributed by atoms with Crippen LogP contribution in [0.25, 0.3) is 11.1 Å². The second kappa shape index (κ2) is 6.06. The number of carbonyl (C=O) groups is 1. The zero-order valence-corrected chi connectivity index (χ0v) is 14.4. The largest absolute Gasteiger partial charge is 0.352 e. The molecule has 2 aromatic rings. The predicted molar refractivity (Wildman–Crippen MR) is 97.3 cm³/mol.